The number of para-hydroxylation sites is 1. The summed E-state index contributed by atoms with van der Waals surface area (Å²) in [5.41, 5.74) is 4.65. The van der Waals surface area contributed by atoms with E-state index >= 15 is 0 Å². The van der Waals surface area contributed by atoms with Crippen LogP contribution in [0.5, 0.6) is 0 Å². The standard InChI is InChI=1S/C22H29N3O2/c1-5-17-10-8-9-16(4)21(17)23-15-20(26)24-19-13-11-18(12-14-19)22(27)25(6-2)7-3/h8-14,23H,5-7,15H2,1-4H3,(H,24,26). The molecule has 5 nitrogen and oxygen atoms in total. The van der Waals surface area contributed by atoms with E-state index in [0.29, 0.717) is 24.3 Å². The lowest BCUT2D eigenvalue weighted by atomic mass is 10.1. The van der Waals surface area contributed by atoms with Crippen LogP contribution in [0, 0.1) is 6.92 Å². The Morgan fingerprint density at radius 2 is 1.63 bits per heavy atom. The molecular weight excluding hydrogens is 338 g/mol. The van der Waals surface area contributed by atoms with Gasteiger partial charge in [0.2, 0.25) is 5.91 Å². The third-order valence-corrected chi connectivity index (χ3v) is 4.63. The van der Waals surface area contributed by atoms with Crippen LogP contribution in [-0.4, -0.2) is 36.3 Å². The van der Waals surface area contributed by atoms with Crippen molar-refractivity contribution in [1.29, 1.82) is 0 Å². The van der Waals surface area contributed by atoms with Crippen LogP contribution in [0.2, 0.25) is 0 Å². The number of anilines is 2. The van der Waals surface area contributed by atoms with Crippen molar-refractivity contribution < 1.29 is 9.59 Å². The maximum Gasteiger partial charge on any atom is 0.253 e. The number of aryl methyl sites for hydroxylation is 2. The second-order valence-electron chi connectivity index (χ2n) is 6.42. The largest absolute Gasteiger partial charge is 0.376 e. The summed E-state index contributed by atoms with van der Waals surface area (Å²) in [5, 5.41) is 6.11. The number of rotatable bonds is 8. The van der Waals surface area contributed by atoms with E-state index in [-0.39, 0.29) is 18.4 Å². The summed E-state index contributed by atoms with van der Waals surface area (Å²) < 4.78 is 0. The topological polar surface area (TPSA) is 61.4 Å². The monoisotopic (exact) mass is 367 g/mol. The van der Waals surface area contributed by atoms with Crippen molar-refractivity contribution in [2.75, 3.05) is 30.3 Å². The molecule has 5 heteroatoms. The van der Waals surface area contributed by atoms with Gasteiger partial charge >= 0.3 is 0 Å². The van der Waals surface area contributed by atoms with Crippen LogP contribution >= 0.6 is 0 Å². The molecule has 2 rings (SSSR count). The zero-order valence-electron chi connectivity index (χ0n) is 16.6. The summed E-state index contributed by atoms with van der Waals surface area (Å²) in [6.45, 7) is 9.60. The number of carbonyl (C=O) groups excluding carboxylic acids is 2. The minimum Gasteiger partial charge on any atom is -0.376 e. The van der Waals surface area contributed by atoms with Gasteiger partial charge in [0, 0.05) is 30.0 Å². The Hall–Kier alpha value is -2.82. The third-order valence-electron chi connectivity index (χ3n) is 4.63. The van der Waals surface area contributed by atoms with Gasteiger partial charge in [-0.15, -0.1) is 0 Å². The fraction of sp³-hybridized carbons (Fsp3) is 0.364. The molecule has 0 heterocycles. The van der Waals surface area contributed by atoms with Crippen molar-refractivity contribution in [2.45, 2.75) is 34.1 Å². The lowest BCUT2D eigenvalue weighted by Gasteiger charge is -2.18. The van der Waals surface area contributed by atoms with E-state index in [0.717, 1.165) is 17.7 Å². The lowest BCUT2D eigenvalue weighted by molar-refractivity contribution is -0.114. The van der Waals surface area contributed by atoms with Crippen molar-refractivity contribution in [3.63, 3.8) is 0 Å². The fourth-order valence-corrected chi connectivity index (χ4v) is 3.04. The Bertz CT molecular complexity index is 781. The Morgan fingerprint density at radius 1 is 0.963 bits per heavy atom. The fourth-order valence-electron chi connectivity index (χ4n) is 3.04. The number of nitrogens with zero attached hydrogens (tertiary/aromatic N) is 1. The van der Waals surface area contributed by atoms with Crippen LogP contribution in [-0.2, 0) is 11.2 Å². The molecule has 2 amide bonds. The minimum absolute atomic E-state index is 0.00573. The van der Waals surface area contributed by atoms with Crippen LogP contribution in [0.15, 0.2) is 42.5 Å². The molecule has 0 spiro atoms. The highest BCUT2D eigenvalue weighted by atomic mass is 16.2. The summed E-state index contributed by atoms with van der Waals surface area (Å²) in [5.74, 6) is -0.116. The van der Waals surface area contributed by atoms with Gasteiger partial charge in [-0.3, -0.25) is 9.59 Å². The first-order valence-corrected chi connectivity index (χ1v) is 9.51. The molecule has 0 radical (unpaired) electrons. The maximum absolute atomic E-state index is 12.3. The molecule has 0 aliphatic rings. The van der Waals surface area contributed by atoms with E-state index in [1.165, 1.54) is 5.56 Å². The molecule has 0 aliphatic carbocycles. The van der Waals surface area contributed by atoms with E-state index in [9.17, 15) is 9.59 Å². The molecule has 27 heavy (non-hydrogen) atoms. The first kappa shape index (κ1) is 20.5. The number of benzene rings is 2. The average Bonchev–Trinajstić information content (AvgIpc) is 2.68. The molecular formula is C22H29N3O2. The van der Waals surface area contributed by atoms with Gasteiger partial charge in [0.05, 0.1) is 6.54 Å². The molecule has 144 valence electrons. The van der Waals surface area contributed by atoms with Gasteiger partial charge in [0.15, 0.2) is 0 Å². The first-order chi connectivity index (χ1) is 13.0. The normalized spacial score (nSPS) is 10.4. The van der Waals surface area contributed by atoms with Gasteiger partial charge in [0.1, 0.15) is 0 Å². The second-order valence-corrected chi connectivity index (χ2v) is 6.42. The molecule has 2 aromatic rings. The van der Waals surface area contributed by atoms with E-state index < -0.39 is 0 Å². The molecule has 2 aromatic carbocycles. The van der Waals surface area contributed by atoms with Gasteiger partial charge in [-0.2, -0.15) is 0 Å². The minimum atomic E-state index is -0.122. The van der Waals surface area contributed by atoms with E-state index in [2.05, 4.69) is 23.6 Å². The first-order valence-electron chi connectivity index (χ1n) is 9.51. The van der Waals surface area contributed by atoms with Gasteiger partial charge in [0.25, 0.3) is 5.91 Å². The number of nitrogens with one attached hydrogen (secondary N) is 2. The maximum atomic E-state index is 12.3. The number of amides is 2. The van der Waals surface area contributed by atoms with Crippen LogP contribution in [0.25, 0.3) is 0 Å². The van der Waals surface area contributed by atoms with Crippen molar-refractivity contribution in [3.05, 3.63) is 59.2 Å². The van der Waals surface area contributed by atoms with E-state index in [4.69, 9.17) is 0 Å². The highest BCUT2D eigenvalue weighted by Crippen LogP contribution is 2.20. The smallest absolute Gasteiger partial charge is 0.253 e. The molecule has 2 N–H and O–H groups in total. The van der Waals surface area contributed by atoms with Crippen molar-refractivity contribution in [2.24, 2.45) is 0 Å². The van der Waals surface area contributed by atoms with Crippen LogP contribution in [0.1, 0.15) is 42.3 Å². The summed E-state index contributed by atoms with van der Waals surface area (Å²) in [7, 11) is 0. The van der Waals surface area contributed by atoms with Crippen LogP contribution < -0.4 is 10.6 Å². The Morgan fingerprint density at radius 3 is 2.22 bits per heavy atom. The Labute approximate surface area is 161 Å². The van der Waals surface area contributed by atoms with E-state index in [1.807, 2.05) is 32.9 Å². The molecule has 0 saturated carbocycles. The Balaban J connectivity index is 1.96. The van der Waals surface area contributed by atoms with Gasteiger partial charge in [-0.05, 0) is 62.6 Å². The molecule has 0 bridgehead atoms. The quantitative estimate of drug-likeness (QED) is 0.739. The predicted octanol–water partition coefficient (Wildman–Crippen LogP) is 4.09. The van der Waals surface area contributed by atoms with Crippen LogP contribution in [0.4, 0.5) is 11.4 Å². The molecule has 0 aliphatic heterocycles. The summed E-state index contributed by atoms with van der Waals surface area (Å²) >= 11 is 0. The highest BCUT2D eigenvalue weighted by molar-refractivity contribution is 5.96. The summed E-state index contributed by atoms with van der Waals surface area (Å²) in [4.78, 5) is 26.4. The third kappa shape index (κ3) is 5.33. The van der Waals surface area contributed by atoms with Gasteiger partial charge in [-0.1, -0.05) is 25.1 Å². The lowest BCUT2D eigenvalue weighted by Crippen LogP contribution is -2.30. The SMILES string of the molecule is CCc1cccc(C)c1NCC(=O)Nc1ccc(C(=O)N(CC)CC)cc1. The summed E-state index contributed by atoms with van der Waals surface area (Å²) in [6, 6.07) is 13.2. The molecule has 0 atom stereocenters. The van der Waals surface area contributed by atoms with Crippen molar-refractivity contribution >= 4 is 23.2 Å². The van der Waals surface area contributed by atoms with Crippen LogP contribution in [0.3, 0.4) is 0 Å². The predicted molar refractivity (Wildman–Crippen MR) is 111 cm³/mol. The zero-order valence-corrected chi connectivity index (χ0v) is 16.6. The molecule has 0 unspecified atom stereocenters. The second kappa shape index (κ2) is 9.76. The van der Waals surface area contributed by atoms with Crippen molar-refractivity contribution in [3.8, 4) is 0 Å². The van der Waals surface area contributed by atoms with Gasteiger partial charge in [-0.25, -0.2) is 0 Å². The van der Waals surface area contributed by atoms with Crippen molar-refractivity contribution in [1.82, 2.24) is 4.90 Å². The molecule has 0 saturated heterocycles. The average molecular weight is 367 g/mol. The van der Waals surface area contributed by atoms with Gasteiger partial charge < -0.3 is 15.5 Å². The number of carbonyl (C=O) groups is 2. The zero-order chi connectivity index (χ0) is 19.8. The summed E-state index contributed by atoms with van der Waals surface area (Å²) in [6.07, 6.45) is 0.910. The Kier molecular flexibility index (Phi) is 7.41. The molecule has 0 aromatic heterocycles. The number of hydrogen-bond acceptors (Lipinski definition) is 3. The van der Waals surface area contributed by atoms with E-state index in [1.54, 1.807) is 29.2 Å². The number of hydrogen-bond donors (Lipinski definition) is 2. The highest BCUT2D eigenvalue weighted by Gasteiger charge is 2.12. The molecule has 0 fully saturated rings.